The Morgan fingerprint density at radius 2 is 2.18 bits per heavy atom. The summed E-state index contributed by atoms with van der Waals surface area (Å²) in [4.78, 5) is 0. The van der Waals surface area contributed by atoms with Gasteiger partial charge in [0.1, 0.15) is 0 Å². The molecule has 0 N–H and O–H groups in total. The maximum atomic E-state index is 6.50. The molecule has 1 aromatic rings. The van der Waals surface area contributed by atoms with E-state index in [0.29, 0.717) is 0 Å². The van der Waals surface area contributed by atoms with Gasteiger partial charge in [0, 0.05) is 25.5 Å². The first-order valence-corrected chi connectivity index (χ1v) is 3.71. The van der Waals surface area contributed by atoms with Crippen LogP contribution in [0.1, 0.15) is 18.9 Å². The molecular formula is C9H14N2. The normalized spacial score (nSPS) is 8.36. The summed E-state index contributed by atoms with van der Waals surface area (Å²) in [6.07, 6.45) is 5.51. The third-order valence-corrected chi connectivity index (χ3v) is 1.38. The Bertz CT molecular complexity index is 210. The zero-order valence-electron chi connectivity index (χ0n) is 7.12. The molecule has 0 aromatic carbocycles. The summed E-state index contributed by atoms with van der Waals surface area (Å²) in [5.41, 5.74) is 1.35. The fourth-order valence-electron chi connectivity index (χ4n) is 0.958. The minimum absolute atomic E-state index is 1.15. The van der Waals surface area contributed by atoms with E-state index < -0.39 is 0 Å². The van der Waals surface area contributed by atoms with Gasteiger partial charge in [-0.25, -0.2) is 5.26 Å². The minimum Gasteiger partial charge on any atom is -0.354 e. The molecule has 11 heavy (non-hydrogen) atoms. The maximum absolute atomic E-state index is 6.50. The van der Waals surface area contributed by atoms with E-state index in [1.807, 2.05) is 0 Å². The van der Waals surface area contributed by atoms with E-state index >= 15 is 0 Å². The SMILES string of the molecule is C#N.CCCn1ccc(C)c1. The minimum atomic E-state index is 1.15. The lowest BCUT2D eigenvalue weighted by Gasteiger charge is -1.95. The number of hydrogen-bond donors (Lipinski definition) is 0. The molecule has 1 heterocycles. The highest BCUT2D eigenvalue weighted by Gasteiger charge is 1.87. The fourth-order valence-corrected chi connectivity index (χ4v) is 0.958. The second-order valence-corrected chi connectivity index (χ2v) is 2.43. The molecule has 0 amide bonds. The lowest BCUT2D eigenvalue weighted by atomic mass is 10.4. The van der Waals surface area contributed by atoms with E-state index in [4.69, 9.17) is 5.26 Å². The van der Waals surface area contributed by atoms with Crippen LogP contribution < -0.4 is 0 Å². The van der Waals surface area contributed by atoms with Gasteiger partial charge in [0.15, 0.2) is 0 Å². The first-order valence-electron chi connectivity index (χ1n) is 3.71. The van der Waals surface area contributed by atoms with Crippen molar-refractivity contribution in [3.63, 3.8) is 0 Å². The van der Waals surface area contributed by atoms with Gasteiger partial charge in [0.2, 0.25) is 0 Å². The van der Waals surface area contributed by atoms with Gasteiger partial charge in [-0.05, 0) is 25.0 Å². The van der Waals surface area contributed by atoms with Crippen LogP contribution >= 0.6 is 0 Å². The lowest BCUT2D eigenvalue weighted by molar-refractivity contribution is 0.682. The van der Waals surface area contributed by atoms with Crippen LogP contribution in [0.25, 0.3) is 0 Å². The Labute approximate surface area is 68.1 Å². The van der Waals surface area contributed by atoms with Crippen molar-refractivity contribution in [1.29, 1.82) is 5.26 Å². The molecule has 0 bridgehead atoms. The van der Waals surface area contributed by atoms with Crippen molar-refractivity contribution in [1.82, 2.24) is 4.57 Å². The van der Waals surface area contributed by atoms with Crippen molar-refractivity contribution in [3.8, 4) is 6.57 Å². The van der Waals surface area contributed by atoms with Crippen LogP contribution in [0.3, 0.4) is 0 Å². The molecule has 1 aromatic heterocycles. The van der Waals surface area contributed by atoms with Crippen molar-refractivity contribution < 1.29 is 0 Å². The number of rotatable bonds is 2. The zero-order chi connectivity index (χ0) is 8.69. The molecule has 0 atom stereocenters. The molecule has 0 fully saturated rings. The summed E-state index contributed by atoms with van der Waals surface area (Å²) in [5.74, 6) is 0. The van der Waals surface area contributed by atoms with Crippen LogP contribution in [0, 0.1) is 18.8 Å². The molecule has 0 spiro atoms. The summed E-state index contributed by atoms with van der Waals surface area (Å²) < 4.78 is 2.22. The van der Waals surface area contributed by atoms with Crippen LogP contribution in [-0.2, 0) is 6.54 Å². The van der Waals surface area contributed by atoms with Crippen LogP contribution in [0.15, 0.2) is 18.5 Å². The van der Waals surface area contributed by atoms with Gasteiger partial charge in [0.05, 0.1) is 0 Å². The van der Waals surface area contributed by atoms with E-state index in [1.165, 1.54) is 12.0 Å². The van der Waals surface area contributed by atoms with Gasteiger partial charge < -0.3 is 4.57 Å². The highest BCUT2D eigenvalue weighted by molar-refractivity contribution is 5.06. The molecule has 0 aliphatic heterocycles. The third-order valence-electron chi connectivity index (χ3n) is 1.38. The van der Waals surface area contributed by atoms with E-state index in [0.717, 1.165) is 6.54 Å². The summed E-state index contributed by atoms with van der Waals surface area (Å²) in [7, 11) is 0. The van der Waals surface area contributed by atoms with Crippen LogP contribution in [-0.4, -0.2) is 4.57 Å². The fraction of sp³-hybridized carbons (Fsp3) is 0.444. The van der Waals surface area contributed by atoms with Gasteiger partial charge in [-0.2, -0.15) is 0 Å². The van der Waals surface area contributed by atoms with Gasteiger partial charge >= 0.3 is 0 Å². The Morgan fingerprint density at radius 1 is 1.55 bits per heavy atom. The number of aryl methyl sites for hydroxylation is 2. The molecule has 0 saturated carbocycles. The molecular weight excluding hydrogens is 136 g/mol. The standard InChI is InChI=1S/C8H13N.CHN/c1-3-5-9-6-4-8(2)7-9;1-2/h4,6-7H,3,5H2,1-2H3;1H. The summed E-state index contributed by atoms with van der Waals surface area (Å²) in [6, 6.07) is 2.13. The topological polar surface area (TPSA) is 28.7 Å². The Morgan fingerprint density at radius 3 is 2.55 bits per heavy atom. The van der Waals surface area contributed by atoms with E-state index in [1.54, 1.807) is 0 Å². The monoisotopic (exact) mass is 150 g/mol. The number of nitrogens with zero attached hydrogens (tertiary/aromatic N) is 2. The van der Waals surface area contributed by atoms with Gasteiger partial charge in [-0.15, -0.1) is 0 Å². The van der Waals surface area contributed by atoms with Crippen LogP contribution in [0.5, 0.6) is 0 Å². The Balaban J connectivity index is 0.000000461. The van der Waals surface area contributed by atoms with E-state index in [-0.39, 0.29) is 0 Å². The average molecular weight is 150 g/mol. The molecule has 0 unspecified atom stereocenters. The van der Waals surface area contributed by atoms with Gasteiger partial charge in [-0.3, -0.25) is 0 Å². The molecule has 0 aliphatic rings. The number of hydrogen-bond acceptors (Lipinski definition) is 1. The summed E-state index contributed by atoms with van der Waals surface area (Å²) in [5, 5.41) is 6.50. The van der Waals surface area contributed by atoms with Gasteiger partial charge in [-0.1, -0.05) is 6.92 Å². The van der Waals surface area contributed by atoms with Crippen LogP contribution in [0.2, 0.25) is 0 Å². The largest absolute Gasteiger partial charge is 0.354 e. The predicted octanol–water partition coefficient (Wildman–Crippen LogP) is 2.35. The maximum Gasteiger partial charge on any atom is 0.0462 e. The number of aromatic nitrogens is 1. The Hall–Kier alpha value is -1.23. The average Bonchev–Trinajstić information content (AvgIpc) is 2.41. The van der Waals surface area contributed by atoms with Crippen molar-refractivity contribution in [3.05, 3.63) is 24.0 Å². The van der Waals surface area contributed by atoms with Crippen molar-refractivity contribution in [2.45, 2.75) is 26.8 Å². The highest BCUT2D eigenvalue weighted by atomic mass is 14.9. The Kier molecular flexibility index (Phi) is 4.93. The second kappa shape index (κ2) is 5.55. The zero-order valence-corrected chi connectivity index (χ0v) is 7.12. The molecule has 2 heteroatoms. The van der Waals surface area contributed by atoms with Crippen molar-refractivity contribution in [2.75, 3.05) is 0 Å². The molecule has 2 nitrogen and oxygen atoms in total. The quantitative estimate of drug-likeness (QED) is 0.636. The first kappa shape index (κ1) is 9.77. The second-order valence-electron chi connectivity index (χ2n) is 2.43. The van der Waals surface area contributed by atoms with Crippen molar-refractivity contribution in [2.24, 2.45) is 0 Å². The molecule has 0 aliphatic carbocycles. The highest BCUT2D eigenvalue weighted by Crippen LogP contribution is 1.98. The first-order chi connectivity index (χ1) is 5.33. The molecule has 0 radical (unpaired) electrons. The molecule has 60 valence electrons. The third kappa shape index (κ3) is 3.47. The summed E-state index contributed by atoms with van der Waals surface area (Å²) in [6.45, 7) is 8.95. The lowest BCUT2D eigenvalue weighted by Crippen LogP contribution is -1.90. The van der Waals surface area contributed by atoms with E-state index in [9.17, 15) is 0 Å². The summed E-state index contributed by atoms with van der Waals surface area (Å²) >= 11 is 0. The van der Waals surface area contributed by atoms with E-state index in [2.05, 4.69) is 43.4 Å². The predicted molar refractivity (Wildman–Crippen MR) is 46.1 cm³/mol. The van der Waals surface area contributed by atoms with Gasteiger partial charge in [0.25, 0.3) is 0 Å². The number of nitriles is 1. The molecule has 0 saturated heterocycles. The van der Waals surface area contributed by atoms with Crippen molar-refractivity contribution >= 4 is 0 Å². The molecule has 1 rings (SSSR count). The smallest absolute Gasteiger partial charge is 0.0462 e. The van der Waals surface area contributed by atoms with Crippen LogP contribution in [0.4, 0.5) is 0 Å².